The number of carbonyl (C=O) groups excluding carboxylic acids is 1. The average molecular weight is 285 g/mol. The van der Waals surface area contributed by atoms with E-state index in [0.29, 0.717) is 32.6 Å². The molecule has 1 aromatic carbocycles. The summed E-state index contributed by atoms with van der Waals surface area (Å²) < 4.78 is 5.33. The lowest BCUT2D eigenvalue weighted by molar-refractivity contribution is -0.132. The van der Waals surface area contributed by atoms with Crippen LogP contribution in [0, 0.1) is 5.41 Å². The predicted octanol–water partition coefficient (Wildman–Crippen LogP) is 1.93. The third kappa shape index (κ3) is 2.83. The molecule has 3 N–H and O–H groups in total. The van der Waals surface area contributed by atoms with Gasteiger partial charge >= 0.3 is 0 Å². The van der Waals surface area contributed by atoms with Crippen LogP contribution in [0.1, 0.15) is 12.8 Å². The molecule has 1 aromatic heterocycles. The Balaban J connectivity index is 1.76. The third-order valence-electron chi connectivity index (χ3n) is 4.18. The smallest absolute Gasteiger partial charge is 0.225 e. The number of primary amides is 1. The monoisotopic (exact) mass is 285 g/mol. The highest BCUT2D eigenvalue weighted by Gasteiger charge is 2.38. The third-order valence-corrected chi connectivity index (χ3v) is 4.18. The van der Waals surface area contributed by atoms with Gasteiger partial charge in [-0.05, 0) is 31.0 Å². The minimum atomic E-state index is -0.536. The number of anilines is 1. The van der Waals surface area contributed by atoms with Gasteiger partial charge in [0, 0.05) is 25.1 Å². The van der Waals surface area contributed by atoms with Crippen LogP contribution in [0.15, 0.2) is 36.4 Å². The van der Waals surface area contributed by atoms with Gasteiger partial charge in [0.25, 0.3) is 0 Å². The van der Waals surface area contributed by atoms with Crippen LogP contribution in [0.5, 0.6) is 0 Å². The van der Waals surface area contributed by atoms with Gasteiger partial charge in [-0.1, -0.05) is 18.2 Å². The summed E-state index contributed by atoms with van der Waals surface area (Å²) in [6.45, 7) is 1.66. The number of hydrogen-bond donors (Lipinski definition) is 2. The van der Waals surface area contributed by atoms with Crippen LogP contribution in [-0.2, 0) is 9.53 Å². The van der Waals surface area contributed by atoms with Crippen molar-refractivity contribution in [3.63, 3.8) is 0 Å². The van der Waals surface area contributed by atoms with Gasteiger partial charge in [-0.15, -0.1) is 0 Å². The Morgan fingerprint density at radius 3 is 2.76 bits per heavy atom. The fraction of sp³-hybridized carbons (Fsp3) is 0.375. The van der Waals surface area contributed by atoms with E-state index in [1.54, 1.807) is 0 Å². The van der Waals surface area contributed by atoms with E-state index in [2.05, 4.69) is 10.3 Å². The van der Waals surface area contributed by atoms with E-state index in [4.69, 9.17) is 10.5 Å². The zero-order valence-electron chi connectivity index (χ0n) is 11.8. The SMILES string of the molecule is NC(=O)C1(CNc2ccc3ccccc3n2)CCOCC1. The largest absolute Gasteiger partial charge is 0.381 e. The lowest BCUT2D eigenvalue weighted by Crippen LogP contribution is -2.46. The van der Waals surface area contributed by atoms with E-state index in [1.807, 2.05) is 36.4 Å². The number of carbonyl (C=O) groups is 1. The average Bonchev–Trinajstić information content (AvgIpc) is 2.53. The first kappa shape index (κ1) is 13.8. The Morgan fingerprint density at radius 2 is 2.00 bits per heavy atom. The summed E-state index contributed by atoms with van der Waals surface area (Å²) in [5.74, 6) is 0.500. The van der Waals surface area contributed by atoms with Crippen molar-refractivity contribution < 1.29 is 9.53 Å². The minimum Gasteiger partial charge on any atom is -0.381 e. The Kier molecular flexibility index (Phi) is 3.75. The minimum absolute atomic E-state index is 0.265. The maximum Gasteiger partial charge on any atom is 0.225 e. The van der Waals surface area contributed by atoms with Gasteiger partial charge in [0.1, 0.15) is 5.82 Å². The summed E-state index contributed by atoms with van der Waals surface area (Å²) in [5, 5.41) is 4.36. The van der Waals surface area contributed by atoms with Crippen molar-refractivity contribution in [3.8, 4) is 0 Å². The van der Waals surface area contributed by atoms with Crippen LogP contribution in [0.4, 0.5) is 5.82 Å². The Hall–Kier alpha value is -2.14. The normalized spacial score (nSPS) is 17.5. The number of nitrogens with one attached hydrogen (secondary N) is 1. The number of benzene rings is 1. The molecule has 0 spiro atoms. The first-order chi connectivity index (χ1) is 10.2. The molecule has 1 amide bonds. The molecule has 1 saturated heterocycles. The zero-order chi connectivity index (χ0) is 14.7. The molecule has 0 saturated carbocycles. The summed E-state index contributed by atoms with van der Waals surface area (Å²) in [7, 11) is 0. The van der Waals surface area contributed by atoms with E-state index in [1.165, 1.54) is 0 Å². The van der Waals surface area contributed by atoms with Crippen molar-refractivity contribution in [1.29, 1.82) is 0 Å². The van der Waals surface area contributed by atoms with Gasteiger partial charge in [0.15, 0.2) is 0 Å². The molecule has 3 rings (SSSR count). The number of nitrogens with zero attached hydrogens (tertiary/aromatic N) is 1. The maximum atomic E-state index is 11.8. The molecule has 1 fully saturated rings. The number of amides is 1. The Labute approximate surface area is 123 Å². The van der Waals surface area contributed by atoms with Crippen molar-refractivity contribution in [1.82, 2.24) is 4.98 Å². The van der Waals surface area contributed by atoms with E-state index < -0.39 is 5.41 Å². The van der Waals surface area contributed by atoms with Gasteiger partial charge < -0.3 is 15.8 Å². The van der Waals surface area contributed by atoms with Crippen LogP contribution in [0.25, 0.3) is 10.9 Å². The van der Waals surface area contributed by atoms with E-state index >= 15 is 0 Å². The molecule has 1 aliphatic heterocycles. The van der Waals surface area contributed by atoms with Crippen LogP contribution in [-0.4, -0.2) is 30.6 Å². The van der Waals surface area contributed by atoms with E-state index in [0.717, 1.165) is 16.7 Å². The number of pyridine rings is 1. The molecule has 0 radical (unpaired) electrons. The lowest BCUT2D eigenvalue weighted by Gasteiger charge is -2.34. The number of hydrogen-bond acceptors (Lipinski definition) is 4. The number of fused-ring (bicyclic) bond motifs is 1. The lowest BCUT2D eigenvalue weighted by atomic mass is 9.79. The highest BCUT2D eigenvalue weighted by molar-refractivity contribution is 5.82. The van der Waals surface area contributed by atoms with Crippen molar-refractivity contribution in [2.45, 2.75) is 12.8 Å². The van der Waals surface area contributed by atoms with Crippen LogP contribution >= 0.6 is 0 Å². The molecule has 0 aliphatic carbocycles. The van der Waals surface area contributed by atoms with Crippen molar-refractivity contribution >= 4 is 22.6 Å². The number of para-hydroxylation sites is 1. The topological polar surface area (TPSA) is 77.2 Å². The molecule has 0 atom stereocenters. The van der Waals surface area contributed by atoms with Crippen molar-refractivity contribution in [2.75, 3.05) is 25.1 Å². The standard InChI is InChI=1S/C16H19N3O2/c17-15(20)16(7-9-21-10-8-16)11-18-14-6-5-12-3-1-2-4-13(12)19-14/h1-6H,7-11H2,(H2,17,20)(H,18,19). The second kappa shape index (κ2) is 5.69. The molecule has 0 bridgehead atoms. The first-order valence-electron chi connectivity index (χ1n) is 7.17. The molecule has 0 unspecified atom stereocenters. The molecule has 110 valence electrons. The highest BCUT2D eigenvalue weighted by Crippen LogP contribution is 2.30. The molecule has 2 aromatic rings. The fourth-order valence-electron chi connectivity index (χ4n) is 2.70. The maximum absolute atomic E-state index is 11.8. The summed E-state index contributed by atoms with van der Waals surface area (Å²) in [5.41, 5.74) is 6.00. The molecule has 5 heteroatoms. The van der Waals surface area contributed by atoms with Crippen LogP contribution in [0.3, 0.4) is 0 Å². The Morgan fingerprint density at radius 1 is 1.24 bits per heavy atom. The molecule has 5 nitrogen and oxygen atoms in total. The van der Waals surface area contributed by atoms with E-state index in [-0.39, 0.29) is 5.91 Å². The fourth-order valence-corrected chi connectivity index (χ4v) is 2.70. The second-order valence-electron chi connectivity index (χ2n) is 5.50. The number of nitrogens with two attached hydrogens (primary N) is 1. The van der Waals surface area contributed by atoms with Crippen LogP contribution in [0.2, 0.25) is 0 Å². The number of rotatable bonds is 4. The van der Waals surface area contributed by atoms with Gasteiger partial charge in [-0.25, -0.2) is 4.98 Å². The molecular formula is C16H19N3O2. The summed E-state index contributed by atoms with van der Waals surface area (Å²) in [6.07, 6.45) is 1.31. The van der Waals surface area contributed by atoms with E-state index in [9.17, 15) is 4.79 Å². The van der Waals surface area contributed by atoms with Gasteiger partial charge in [-0.3, -0.25) is 4.79 Å². The van der Waals surface area contributed by atoms with Gasteiger partial charge in [0.2, 0.25) is 5.91 Å². The van der Waals surface area contributed by atoms with Gasteiger partial charge in [-0.2, -0.15) is 0 Å². The second-order valence-corrected chi connectivity index (χ2v) is 5.50. The number of aromatic nitrogens is 1. The number of ether oxygens (including phenoxy) is 1. The highest BCUT2D eigenvalue weighted by atomic mass is 16.5. The first-order valence-corrected chi connectivity index (χ1v) is 7.17. The van der Waals surface area contributed by atoms with Gasteiger partial charge in [0.05, 0.1) is 10.9 Å². The summed E-state index contributed by atoms with van der Waals surface area (Å²) in [4.78, 5) is 16.4. The Bertz CT molecular complexity index is 651. The molecule has 21 heavy (non-hydrogen) atoms. The molecule has 2 heterocycles. The molecule has 1 aliphatic rings. The van der Waals surface area contributed by atoms with Crippen molar-refractivity contribution in [3.05, 3.63) is 36.4 Å². The van der Waals surface area contributed by atoms with Crippen molar-refractivity contribution in [2.24, 2.45) is 11.1 Å². The summed E-state index contributed by atoms with van der Waals surface area (Å²) in [6, 6.07) is 11.9. The zero-order valence-corrected chi connectivity index (χ0v) is 11.8. The quantitative estimate of drug-likeness (QED) is 0.900. The summed E-state index contributed by atoms with van der Waals surface area (Å²) >= 11 is 0. The molecular weight excluding hydrogens is 266 g/mol. The predicted molar refractivity (Wildman–Crippen MR) is 81.9 cm³/mol. The van der Waals surface area contributed by atoms with Crippen LogP contribution < -0.4 is 11.1 Å².